The number of ketones is 2. The number of carbonyl (C=O) groups excluding carboxylic acids is 8. The van der Waals surface area contributed by atoms with E-state index in [1.807, 2.05) is 0 Å². The summed E-state index contributed by atoms with van der Waals surface area (Å²) in [5.74, 6) is -5.99. The number of H-pyrrole nitrogens is 6. The summed E-state index contributed by atoms with van der Waals surface area (Å²) in [6, 6.07) is 4.98. The number of nitrogens with two attached hydrogens (primary N) is 2. The van der Waals surface area contributed by atoms with Crippen molar-refractivity contribution in [2.24, 2.45) is 11.5 Å². The fourth-order valence-electron chi connectivity index (χ4n) is 7.27. The zero-order valence-corrected chi connectivity index (χ0v) is 44.2. The monoisotopic (exact) mass is 1160 g/mol. The summed E-state index contributed by atoms with van der Waals surface area (Å²) in [6.07, 6.45) is 3.94. The van der Waals surface area contributed by atoms with Crippen LogP contribution in [0.2, 0.25) is 0 Å². The summed E-state index contributed by atoms with van der Waals surface area (Å²) in [7, 11) is 0. The Morgan fingerprint density at radius 3 is 1.40 bits per heavy atom. The number of anilines is 2. The lowest BCUT2D eigenvalue weighted by molar-refractivity contribution is -0.389. The third-order valence-electron chi connectivity index (χ3n) is 11.6. The molecule has 83 heavy (non-hydrogen) atoms. The number of aromatic nitrogens is 12. The molecule has 0 aliphatic heterocycles. The molecular formula is C46H60N22O15. The van der Waals surface area contributed by atoms with Crippen LogP contribution in [0.25, 0.3) is 0 Å². The first-order valence-corrected chi connectivity index (χ1v) is 25.7. The van der Waals surface area contributed by atoms with Gasteiger partial charge in [0.2, 0.25) is 23.4 Å². The zero-order chi connectivity index (χ0) is 59.7. The minimum atomic E-state index is -0.912. The average Bonchev–Trinajstić information content (AvgIpc) is 4.51. The minimum absolute atomic E-state index is 0.00449. The van der Waals surface area contributed by atoms with E-state index >= 15 is 0 Å². The molecule has 0 aliphatic carbocycles. The van der Waals surface area contributed by atoms with Crippen LogP contribution in [0.4, 0.5) is 23.3 Å². The van der Waals surface area contributed by atoms with Crippen LogP contribution in [0, 0.1) is 20.2 Å². The molecule has 2 atom stereocenters. The number of ether oxygens (including phenoxy) is 3. The molecule has 0 radical (unpaired) electrons. The van der Waals surface area contributed by atoms with Crippen molar-refractivity contribution in [3.63, 3.8) is 0 Å². The first kappa shape index (κ1) is 62.2. The van der Waals surface area contributed by atoms with Gasteiger partial charge in [-0.2, -0.15) is 20.4 Å². The van der Waals surface area contributed by atoms with Gasteiger partial charge in [-0.15, -0.1) is 10.2 Å². The highest BCUT2D eigenvalue weighted by Crippen LogP contribution is 2.16. The molecule has 6 amide bonds. The van der Waals surface area contributed by atoms with E-state index in [4.69, 9.17) is 25.7 Å². The predicted molar refractivity (Wildman–Crippen MR) is 284 cm³/mol. The van der Waals surface area contributed by atoms with Gasteiger partial charge in [-0.1, -0.05) is 10.2 Å². The molecule has 16 N–H and O–H groups in total. The highest BCUT2D eigenvalue weighted by Gasteiger charge is 2.26. The second-order valence-corrected chi connectivity index (χ2v) is 17.8. The normalized spacial score (nSPS) is 11.8. The van der Waals surface area contributed by atoms with E-state index in [1.54, 1.807) is 0 Å². The SMILES string of the molecule is NCCCC[C@H](NC(=O)c1cc(NC(=O)c2cc(C(=O)c3cc([N+](=O)[O-])[nH]n3)n[nH]2)n[nH]1)C(=O)NCCCOCCOCCOCCCNC(=O)[C@H](N)CCCCNC(=O)c1cc(NC(=O)c2cc(C(=O)c3cc([N+](=O)[O-])[nH]n3)n[nH]2)n[nH]1. The van der Waals surface area contributed by atoms with Crippen LogP contribution in [-0.2, 0) is 23.8 Å². The molecule has 0 aromatic carbocycles. The lowest BCUT2D eigenvalue weighted by Crippen LogP contribution is -2.47. The first-order valence-electron chi connectivity index (χ1n) is 25.7. The van der Waals surface area contributed by atoms with Gasteiger partial charge in [-0.25, -0.2) is 0 Å². The molecule has 6 rings (SSSR count). The fraction of sp³-hybridized carbons (Fsp3) is 0.435. The van der Waals surface area contributed by atoms with E-state index in [0.717, 1.165) is 24.3 Å². The van der Waals surface area contributed by atoms with Gasteiger partial charge in [-0.3, -0.25) is 58.8 Å². The van der Waals surface area contributed by atoms with Crippen molar-refractivity contribution < 1.29 is 62.4 Å². The Bertz CT molecular complexity index is 3190. The number of hydrogen-bond acceptors (Lipinski definition) is 23. The number of carbonyl (C=O) groups is 8. The second-order valence-electron chi connectivity index (χ2n) is 17.8. The van der Waals surface area contributed by atoms with Crippen LogP contribution in [-0.4, -0.2) is 196 Å². The predicted octanol–water partition coefficient (Wildman–Crippen LogP) is -0.974. The van der Waals surface area contributed by atoms with E-state index in [-0.39, 0.29) is 76.2 Å². The molecule has 37 nitrogen and oxygen atoms in total. The molecule has 6 heterocycles. The molecule has 0 saturated carbocycles. The number of aromatic amines is 6. The maximum Gasteiger partial charge on any atom is 0.343 e. The molecule has 444 valence electrons. The van der Waals surface area contributed by atoms with Crippen molar-refractivity contribution in [1.82, 2.24) is 82.5 Å². The van der Waals surface area contributed by atoms with Gasteiger partial charge in [0.05, 0.1) is 44.6 Å². The van der Waals surface area contributed by atoms with Crippen LogP contribution in [0.15, 0.2) is 36.4 Å². The maximum absolute atomic E-state index is 13.1. The minimum Gasteiger partial charge on any atom is -0.379 e. The number of rotatable bonds is 38. The van der Waals surface area contributed by atoms with Gasteiger partial charge in [0.15, 0.2) is 23.0 Å². The van der Waals surface area contributed by atoms with Crippen molar-refractivity contribution in [2.45, 2.75) is 63.5 Å². The Morgan fingerprint density at radius 1 is 0.482 bits per heavy atom. The highest BCUT2D eigenvalue weighted by atomic mass is 16.6. The van der Waals surface area contributed by atoms with E-state index in [0.29, 0.717) is 104 Å². The van der Waals surface area contributed by atoms with Gasteiger partial charge < -0.3 is 77.8 Å². The summed E-state index contributed by atoms with van der Waals surface area (Å²) in [5.41, 5.74) is 10.4. The number of nitro groups is 2. The molecule has 0 saturated heterocycles. The second kappa shape index (κ2) is 31.7. The third kappa shape index (κ3) is 19.4. The quantitative estimate of drug-likeness (QED) is 0.00959. The smallest absolute Gasteiger partial charge is 0.343 e. The van der Waals surface area contributed by atoms with E-state index < -0.39 is 74.7 Å². The summed E-state index contributed by atoms with van der Waals surface area (Å²) in [4.78, 5) is 122. The zero-order valence-electron chi connectivity index (χ0n) is 44.2. The number of unbranched alkanes of at least 4 members (excludes halogenated alkanes) is 2. The van der Waals surface area contributed by atoms with Gasteiger partial charge in [0, 0.05) is 57.1 Å². The van der Waals surface area contributed by atoms with E-state index in [1.165, 1.54) is 12.1 Å². The molecule has 37 heteroatoms. The molecule has 6 aromatic heterocycles. The molecular weight excluding hydrogens is 1100 g/mol. The molecule has 0 fully saturated rings. The largest absolute Gasteiger partial charge is 0.379 e. The van der Waals surface area contributed by atoms with Crippen LogP contribution in [0.5, 0.6) is 0 Å². The number of nitrogens with one attached hydrogen (secondary N) is 12. The third-order valence-corrected chi connectivity index (χ3v) is 11.6. The van der Waals surface area contributed by atoms with Gasteiger partial charge in [0.1, 0.15) is 40.2 Å². The Labute approximate surface area is 467 Å². The topological polar surface area (TPSA) is 547 Å². The lowest BCUT2D eigenvalue weighted by Gasteiger charge is -2.18. The Kier molecular flexibility index (Phi) is 23.8. The fourth-order valence-corrected chi connectivity index (χ4v) is 7.27. The summed E-state index contributed by atoms with van der Waals surface area (Å²) in [5, 5.41) is 74.1. The van der Waals surface area contributed by atoms with Crippen LogP contribution >= 0.6 is 0 Å². The highest BCUT2D eigenvalue weighted by molar-refractivity contribution is 6.10. The summed E-state index contributed by atoms with van der Waals surface area (Å²) in [6.45, 7) is 3.23. The summed E-state index contributed by atoms with van der Waals surface area (Å²) < 4.78 is 16.7. The summed E-state index contributed by atoms with van der Waals surface area (Å²) >= 11 is 0. The molecule has 6 aromatic rings. The van der Waals surface area contributed by atoms with Gasteiger partial charge >= 0.3 is 11.6 Å². The standard InChI is InChI=1S/C46H60N22O15/c47-9-3-1-8-26(52-44(74)34-22-36(64-62-34)54-46(76)32-20-28(56-60-32)40(70)30-24-38(66-58-30)68(79)80)42(72)51-12-6-14-82-16-18-83-17-15-81-13-5-11-49-41(71)25(48)7-2-4-10-50-43(73)33-21-35(63-61-33)53-45(75)31-19-27(55-59-31)39(69)29-23-37(65-57-29)67(77)78/h19-26H,1-18,47-48H2,(H,49,71)(H,50,73)(H,51,72)(H,52,74)(H,55,59)(H,56,60)(H,57,65)(H,58,66)(H2,53,61,63,75)(H2,54,62,64,76)/t25-,26+/m1/s1. The molecule has 0 bridgehead atoms. The Balaban J connectivity index is 0.737. The number of hydrogen-bond donors (Lipinski definition) is 14. The van der Waals surface area contributed by atoms with E-state index in [2.05, 4.69) is 93.1 Å². The first-order chi connectivity index (χ1) is 40.0. The Morgan fingerprint density at radius 2 is 0.904 bits per heavy atom. The number of nitrogens with zero attached hydrogens (tertiary/aromatic N) is 8. The van der Waals surface area contributed by atoms with Crippen molar-refractivity contribution in [3.8, 4) is 0 Å². The van der Waals surface area contributed by atoms with Crippen molar-refractivity contribution >= 4 is 70.3 Å². The molecule has 0 unspecified atom stereocenters. The van der Waals surface area contributed by atoms with Crippen molar-refractivity contribution in [2.75, 3.05) is 76.5 Å². The maximum atomic E-state index is 13.1. The molecule has 0 spiro atoms. The van der Waals surface area contributed by atoms with Gasteiger partial charge in [-0.05, 0) is 67.8 Å². The van der Waals surface area contributed by atoms with E-state index in [9.17, 15) is 58.6 Å². The average molecular weight is 1160 g/mol. The van der Waals surface area contributed by atoms with Crippen LogP contribution in [0.1, 0.15) is 126 Å². The van der Waals surface area contributed by atoms with Crippen molar-refractivity contribution in [3.05, 3.63) is 102 Å². The molecule has 0 aliphatic rings. The Hall–Kier alpha value is -9.98. The number of amides is 6. The lowest BCUT2D eigenvalue weighted by atomic mass is 10.1. The van der Waals surface area contributed by atoms with Crippen molar-refractivity contribution in [1.29, 1.82) is 0 Å². The van der Waals surface area contributed by atoms with Crippen LogP contribution in [0.3, 0.4) is 0 Å². The van der Waals surface area contributed by atoms with Gasteiger partial charge in [0.25, 0.3) is 23.6 Å². The van der Waals surface area contributed by atoms with Crippen LogP contribution < -0.4 is 43.4 Å².